The molecule has 2 fully saturated rings. The number of hydrogen-bond donors (Lipinski definition) is 0. The van der Waals surface area contributed by atoms with Gasteiger partial charge in [-0.25, -0.2) is 0 Å². The van der Waals surface area contributed by atoms with E-state index in [2.05, 4.69) is 62.4 Å². The highest BCUT2D eigenvalue weighted by atomic mass is 15.3. The largest absolute Gasteiger partial charge is 0.303 e. The van der Waals surface area contributed by atoms with Gasteiger partial charge in [0.05, 0.1) is 0 Å². The van der Waals surface area contributed by atoms with Crippen LogP contribution in [0.2, 0.25) is 0 Å². The molecule has 3 nitrogen and oxygen atoms in total. The van der Waals surface area contributed by atoms with Crippen LogP contribution in [0.1, 0.15) is 47.5 Å². The SMILES string of the molecule is CN1CCC=C(C(C)(C)CCN2CC3CN(C(C)(C)C)CC3C2)C1. The number of rotatable bonds is 4. The monoisotopic (exact) mass is 333 g/mol. The molecule has 0 saturated carbocycles. The van der Waals surface area contributed by atoms with Crippen molar-refractivity contribution >= 4 is 0 Å². The lowest BCUT2D eigenvalue weighted by Crippen LogP contribution is -2.41. The standard InChI is InChI=1S/C21H39N3/c1-20(2,3)24-14-17-12-23(13-18(17)15-24)11-9-21(4,5)19-8-7-10-22(6)16-19/h8,17-18H,7,9-16H2,1-6H3. The molecule has 0 aromatic heterocycles. The van der Waals surface area contributed by atoms with Gasteiger partial charge in [0.25, 0.3) is 0 Å². The molecule has 0 aromatic carbocycles. The molecule has 2 atom stereocenters. The Labute approximate surface area is 150 Å². The lowest BCUT2D eigenvalue weighted by Gasteiger charge is -2.36. The van der Waals surface area contributed by atoms with Crippen LogP contribution in [0.5, 0.6) is 0 Å². The Morgan fingerprint density at radius 1 is 1.00 bits per heavy atom. The van der Waals surface area contributed by atoms with E-state index >= 15 is 0 Å². The average Bonchev–Trinajstić information content (AvgIpc) is 3.03. The van der Waals surface area contributed by atoms with Gasteiger partial charge in [-0.15, -0.1) is 0 Å². The highest BCUT2D eigenvalue weighted by Gasteiger charge is 2.43. The first kappa shape index (κ1) is 18.4. The summed E-state index contributed by atoms with van der Waals surface area (Å²) in [6.07, 6.45) is 5.04. The predicted molar refractivity (Wildman–Crippen MR) is 103 cm³/mol. The van der Waals surface area contributed by atoms with Crippen molar-refractivity contribution in [1.82, 2.24) is 14.7 Å². The van der Waals surface area contributed by atoms with Crippen molar-refractivity contribution in [3.8, 4) is 0 Å². The van der Waals surface area contributed by atoms with Crippen molar-refractivity contribution in [1.29, 1.82) is 0 Å². The van der Waals surface area contributed by atoms with Gasteiger partial charge in [-0.3, -0.25) is 4.90 Å². The second-order valence-corrected chi connectivity index (χ2v) is 10.2. The van der Waals surface area contributed by atoms with Crippen molar-refractivity contribution in [2.24, 2.45) is 17.3 Å². The molecule has 0 N–H and O–H groups in total. The average molecular weight is 334 g/mol. The highest BCUT2D eigenvalue weighted by Crippen LogP contribution is 2.37. The summed E-state index contributed by atoms with van der Waals surface area (Å²) in [5.74, 6) is 1.82. The van der Waals surface area contributed by atoms with Crippen LogP contribution < -0.4 is 0 Å². The third kappa shape index (κ3) is 4.05. The summed E-state index contributed by atoms with van der Waals surface area (Å²) in [6, 6.07) is 0. The maximum atomic E-state index is 2.75. The third-order valence-corrected chi connectivity index (χ3v) is 6.77. The van der Waals surface area contributed by atoms with Gasteiger partial charge in [0.2, 0.25) is 0 Å². The maximum Gasteiger partial charge on any atom is 0.0195 e. The van der Waals surface area contributed by atoms with E-state index in [1.54, 1.807) is 5.57 Å². The summed E-state index contributed by atoms with van der Waals surface area (Å²) < 4.78 is 0. The molecule has 0 spiro atoms. The van der Waals surface area contributed by atoms with Gasteiger partial charge in [-0.2, -0.15) is 0 Å². The summed E-state index contributed by atoms with van der Waals surface area (Å²) in [4.78, 5) is 7.93. The number of likely N-dealkylation sites (tertiary alicyclic amines) is 2. The van der Waals surface area contributed by atoms with Crippen molar-refractivity contribution in [3.05, 3.63) is 11.6 Å². The maximum absolute atomic E-state index is 2.75. The number of likely N-dealkylation sites (N-methyl/N-ethyl adjacent to an activating group) is 1. The Kier molecular flexibility index (Phi) is 5.17. The van der Waals surface area contributed by atoms with Crippen LogP contribution >= 0.6 is 0 Å². The zero-order chi connectivity index (χ0) is 17.5. The third-order valence-electron chi connectivity index (χ3n) is 6.77. The summed E-state index contributed by atoms with van der Waals surface area (Å²) in [7, 11) is 2.26. The topological polar surface area (TPSA) is 9.72 Å². The van der Waals surface area contributed by atoms with E-state index in [9.17, 15) is 0 Å². The highest BCUT2D eigenvalue weighted by molar-refractivity contribution is 5.16. The van der Waals surface area contributed by atoms with Gasteiger partial charge in [0.1, 0.15) is 0 Å². The zero-order valence-corrected chi connectivity index (χ0v) is 16.9. The van der Waals surface area contributed by atoms with E-state index in [-0.39, 0.29) is 0 Å². The van der Waals surface area contributed by atoms with Crippen molar-refractivity contribution < 1.29 is 0 Å². The van der Waals surface area contributed by atoms with Crippen LogP contribution in [0, 0.1) is 17.3 Å². The zero-order valence-electron chi connectivity index (χ0n) is 16.9. The van der Waals surface area contributed by atoms with E-state index in [4.69, 9.17) is 0 Å². The molecule has 0 bridgehead atoms. The minimum Gasteiger partial charge on any atom is -0.303 e. The van der Waals surface area contributed by atoms with E-state index in [0.717, 1.165) is 11.8 Å². The molecular weight excluding hydrogens is 294 g/mol. The molecule has 3 aliphatic heterocycles. The molecular formula is C21H39N3. The number of hydrogen-bond acceptors (Lipinski definition) is 3. The molecule has 138 valence electrons. The minimum absolute atomic E-state index is 0.344. The van der Waals surface area contributed by atoms with Crippen molar-refractivity contribution in [2.75, 3.05) is 52.9 Å². The molecule has 0 radical (unpaired) electrons. The predicted octanol–water partition coefficient (Wildman–Crippen LogP) is 3.33. The molecule has 3 aliphatic rings. The molecule has 0 amide bonds. The van der Waals surface area contributed by atoms with E-state index in [0.29, 0.717) is 11.0 Å². The molecule has 0 aliphatic carbocycles. The first-order chi connectivity index (χ1) is 11.1. The first-order valence-electron chi connectivity index (χ1n) is 10.0. The fourth-order valence-electron chi connectivity index (χ4n) is 4.80. The smallest absolute Gasteiger partial charge is 0.0195 e. The van der Waals surface area contributed by atoms with Crippen LogP contribution in [0.3, 0.4) is 0 Å². The second kappa shape index (κ2) is 6.74. The van der Waals surface area contributed by atoms with Gasteiger partial charge in [-0.05, 0) is 64.5 Å². The number of nitrogens with zero attached hydrogens (tertiary/aromatic N) is 3. The molecule has 3 heteroatoms. The molecule has 2 unspecified atom stereocenters. The van der Waals surface area contributed by atoms with Crippen LogP contribution in [0.25, 0.3) is 0 Å². The Morgan fingerprint density at radius 2 is 1.62 bits per heavy atom. The Morgan fingerprint density at radius 3 is 2.17 bits per heavy atom. The van der Waals surface area contributed by atoms with Gasteiger partial charge < -0.3 is 9.80 Å². The van der Waals surface area contributed by atoms with Crippen LogP contribution in [-0.4, -0.2) is 73.1 Å². The molecule has 3 rings (SSSR count). The van der Waals surface area contributed by atoms with Gasteiger partial charge in [0.15, 0.2) is 0 Å². The molecule has 0 aromatic rings. The summed E-state index contributed by atoms with van der Waals surface area (Å²) in [6.45, 7) is 20.9. The fraction of sp³-hybridized carbons (Fsp3) is 0.905. The van der Waals surface area contributed by atoms with Gasteiger partial charge >= 0.3 is 0 Å². The normalized spacial score (nSPS) is 30.7. The fourth-order valence-corrected chi connectivity index (χ4v) is 4.80. The van der Waals surface area contributed by atoms with Crippen molar-refractivity contribution in [3.63, 3.8) is 0 Å². The first-order valence-corrected chi connectivity index (χ1v) is 10.0. The number of fused-ring (bicyclic) bond motifs is 1. The summed E-state index contributed by atoms with van der Waals surface area (Å²) >= 11 is 0. The van der Waals surface area contributed by atoms with Crippen LogP contribution in [-0.2, 0) is 0 Å². The van der Waals surface area contributed by atoms with E-state index in [1.165, 1.54) is 58.7 Å². The van der Waals surface area contributed by atoms with Crippen LogP contribution in [0.4, 0.5) is 0 Å². The Hall–Kier alpha value is -0.380. The lowest BCUT2D eigenvalue weighted by molar-refractivity contribution is 0.147. The Bertz CT molecular complexity index is 460. The lowest BCUT2D eigenvalue weighted by atomic mass is 9.79. The van der Waals surface area contributed by atoms with Crippen LogP contribution in [0.15, 0.2) is 11.6 Å². The van der Waals surface area contributed by atoms with Gasteiger partial charge in [-0.1, -0.05) is 25.5 Å². The van der Waals surface area contributed by atoms with Crippen molar-refractivity contribution in [2.45, 2.75) is 53.0 Å². The van der Waals surface area contributed by atoms with E-state index in [1.807, 2.05) is 0 Å². The van der Waals surface area contributed by atoms with Gasteiger partial charge in [0, 0.05) is 44.8 Å². The Balaban J connectivity index is 1.48. The second-order valence-electron chi connectivity index (χ2n) is 10.2. The molecule has 2 saturated heterocycles. The summed E-state index contributed by atoms with van der Waals surface area (Å²) in [5.41, 5.74) is 2.36. The quantitative estimate of drug-likeness (QED) is 0.731. The van der Waals surface area contributed by atoms with E-state index < -0.39 is 0 Å². The molecule has 3 heterocycles. The molecule has 24 heavy (non-hydrogen) atoms. The summed E-state index contributed by atoms with van der Waals surface area (Å²) in [5, 5.41) is 0. The minimum atomic E-state index is 0.344.